The predicted molar refractivity (Wildman–Crippen MR) is 132 cm³/mol. The molecule has 12 nitrogen and oxygen atoms in total. The van der Waals surface area contributed by atoms with E-state index in [1.165, 1.54) is 0 Å². The van der Waals surface area contributed by atoms with Crippen LogP contribution < -0.4 is 0 Å². The zero-order valence-electron chi connectivity index (χ0n) is 19.5. The normalized spacial score (nSPS) is 11.9. The van der Waals surface area contributed by atoms with Crippen LogP contribution in [0.1, 0.15) is 24.5 Å². The first kappa shape index (κ1) is 27.8. The molecule has 0 bridgehead atoms. The molecule has 14 heteroatoms. The van der Waals surface area contributed by atoms with Gasteiger partial charge in [0.1, 0.15) is 22.3 Å². The smallest absolute Gasteiger partial charge is 0.477 e. The van der Waals surface area contributed by atoms with Gasteiger partial charge in [-0.25, -0.2) is 13.3 Å². The molecule has 0 amide bonds. The molecular formula is C23H23N4O8S2+. The molecule has 0 fully saturated rings. The summed E-state index contributed by atoms with van der Waals surface area (Å²) >= 11 is 0. The third-order valence-electron chi connectivity index (χ3n) is 4.89. The Balaban J connectivity index is 2.23. The zero-order valence-corrected chi connectivity index (χ0v) is 21.1. The number of benzene rings is 3. The molecule has 37 heavy (non-hydrogen) atoms. The van der Waals surface area contributed by atoms with Gasteiger partial charge in [-0.2, -0.15) is 8.42 Å². The molecule has 0 atom stereocenters. The molecule has 0 aliphatic heterocycles. The number of amidine groups is 1. The summed E-state index contributed by atoms with van der Waals surface area (Å²) in [5, 5.41) is 31.3. The van der Waals surface area contributed by atoms with Crippen LogP contribution in [0, 0.1) is 0 Å². The van der Waals surface area contributed by atoms with Crippen molar-refractivity contribution in [3.8, 4) is 5.75 Å². The number of phenolic OH excluding ortho intramolecular Hbond substituents is 1. The predicted octanol–water partition coefficient (Wildman–Crippen LogP) is 4.33. The van der Waals surface area contributed by atoms with Gasteiger partial charge in [0.05, 0.1) is 16.2 Å². The summed E-state index contributed by atoms with van der Waals surface area (Å²) in [5.74, 6) is -1.36. The van der Waals surface area contributed by atoms with E-state index in [1.54, 1.807) is 61.5 Å². The van der Waals surface area contributed by atoms with Gasteiger partial charge in [0.25, 0.3) is 10.1 Å². The Bertz CT molecular complexity index is 1580. The second kappa shape index (κ2) is 12.0. The molecule has 3 rings (SSSR count). The van der Waals surface area contributed by atoms with Crippen LogP contribution in [-0.4, -0.2) is 48.1 Å². The van der Waals surface area contributed by atoms with E-state index >= 15 is 0 Å². The topological polar surface area (TPSA) is 189 Å². The number of aromatic hydroxyl groups is 1. The zero-order chi connectivity index (χ0) is 27.1. The van der Waals surface area contributed by atoms with Gasteiger partial charge in [0.15, 0.2) is 21.3 Å². The molecule has 0 spiro atoms. The average Bonchev–Trinajstić information content (AvgIpc) is 2.85. The monoisotopic (exact) mass is 547 g/mol. The van der Waals surface area contributed by atoms with Gasteiger partial charge in [0.2, 0.25) is 0 Å². The van der Waals surface area contributed by atoms with Crippen LogP contribution in [0.5, 0.6) is 5.75 Å². The van der Waals surface area contributed by atoms with Crippen molar-refractivity contribution in [3.63, 3.8) is 0 Å². The third kappa shape index (κ3) is 7.13. The van der Waals surface area contributed by atoms with Crippen LogP contribution in [0.15, 0.2) is 91.9 Å². The van der Waals surface area contributed by atoms with E-state index < -0.39 is 41.2 Å². The van der Waals surface area contributed by atoms with Crippen LogP contribution >= 0.6 is 0 Å². The lowest BCUT2D eigenvalue weighted by molar-refractivity contribution is -0.252. The fraction of sp³-hybridized carbons (Fsp3) is 0.174. The molecular weight excluding hydrogens is 524 g/mol. The number of rotatable bonds is 9. The molecule has 0 aliphatic carbocycles. The van der Waals surface area contributed by atoms with Crippen molar-refractivity contribution in [2.75, 3.05) is 5.75 Å². The van der Waals surface area contributed by atoms with E-state index in [1.807, 2.05) is 0 Å². The molecule has 0 saturated carbocycles. The summed E-state index contributed by atoms with van der Waals surface area (Å²) in [6.07, 6.45) is 0.246. The fourth-order valence-electron chi connectivity index (χ4n) is 3.13. The second-order valence-electron chi connectivity index (χ2n) is 7.57. The van der Waals surface area contributed by atoms with Crippen molar-refractivity contribution < 1.29 is 41.4 Å². The Morgan fingerprint density at radius 3 is 2.30 bits per heavy atom. The standard InChI is InChI=1S/C23H22N4O8S2/c1-2-12-36(30,31)18-13-20(22(28)21(14-18)37(32,33)34)25-27-23(16-8-4-3-5-9-16)26-24-19-11-7-6-10-17(19)15-35-29/h3-11,13-14H,2,12,15H2,1H3,(H2,29,32,33,34)/p+1. The minimum absolute atomic E-state index is 0.0741. The molecule has 3 aromatic carbocycles. The first-order chi connectivity index (χ1) is 17.6. The maximum absolute atomic E-state index is 12.6. The molecule has 0 radical (unpaired) electrons. The molecule has 0 saturated heterocycles. The van der Waals surface area contributed by atoms with Gasteiger partial charge < -0.3 is 5.11 Å². The van der Waals surface area contributed by atoms with Gasteiger partial charge >= 0.3 is 5.84 Å². The quantitative estimate of drug-likeness (QED) is 0.0670. The lowest BCUT2D eigenvalue weighted by Gasteiger charge is -2.07. The van der Waals surface area contributed by atoms with Gasteiger partial charge in [-0.05, 0) is 41.9 Å². The van der Waals surface area contributed by atoms with Gasteiger partial charge in [-0.1, -0.05) is 48.1 Å². The molecule has 3 N–H and O–H groups in total. The van der Waals surface area contributed by atoms with Crippen molar-refractivity contribution in [3.05, 3.63) is 77.9 Å². The summed E-state index contributed by atoms with van der Waals surface area (Å²) in [6, 6.07) is 16.7. The lowest BCUT2D eigenvalue weighted by atomic mass is 10.2. The maximum Gasteiger partial charge on any atom is 0.477 e. The largest absolute Gasteiger partial charge is 0.504 e. The number of sulfone groups is 1. The van der Waals surface area contributed by atoms with Crippen molar-refractivity contribution >= 4 is 37.2 Å². The Hall–Kier alpha value is -3.78. The molecule has 0 aliphatic rings. The second-order valence-corrected chi connectivity index (χ2v) is 11.1. The molecule has 0 unspecified atom stereocenters. The number of hydrogen-bond donors (Lipinski definition) is 3. The van der Waals surface area contributed by atoms with E-state index in [-0.39, 0.29) is 24.6 Å². The van der Waals surface area contributed by atoms with Crippen molar-refractivity contribution in [2.24, 2.45) is 15.3 Å². The van der Waals surface area contributed by atoms with Crippen LogP contribution in [0.2, 0.25) is 0 Å². The highest BCUT2D eigenvalue weighted by Crippen LogP contribution is 2.36. The number of phenols is 1. The Labute approximate surface area is 212 Å². The highest BCUT2D eigenvalue weighted by Gasteiger charge is 2.26. The van der Waals surface area contributed by atoms with Gasteiger partial charge in [0, 0.05) is 10.7 Å². The number of azo groups is 1. The third-order valence-corrected chi connectivity index (χ3v) is 7.65. The number of nitrogens with zero attached hydrogens (tertiary/aromatic N) is 4. The molecule has 0 aromatic heterocycles. The van der Waals surface area contributed by atoms with E-state index in [4.69, 9.17) is 5.26 Å². The molecule has 194 valence electrons. The van der Waals surface area contributed by atoms with E-state index in [0.29, 0.717) is 22.9 Å². The minimum Gasteiger partial charge on any atom is -0.504 e. The fourth-order valence-corrected chi connectivity index (χ4v) is 5.19. The first-order valence-corrected chi connectivity index (χ1v) is 13.8. The minimum atomic E-state index is -5.00. The summed E-state index contributed by atoms with van der Waals surface area (Å²) in [4.78, 5) is 6.66. The Morgan fingerprint density at radius 1 is 0.973 bits per heavy atom. The van der Waals surface area contributed by atoms with Gasteiger partial charge in [-0.3, -0.25) is 9.81 Å². The molecule has 0 heterocycles. The van der Waals surface area contributed by atoms with E-state index in [2.05, 4.69) is 25.0 Å². The maximum atomic E-state index is 12.6. The lowest BCUT2D eigenvalue weighted by Crippen LogP contribution is -2.08. The van der Waals surface area contributed by atoms with Crippen LogP contribution in [0.25, 0.3) is 0 Å². The van der Waals surface area contributed by atoms with Crippen molar-refractivity contribution in [2.45, 2.75) is 29.7 Å². The first-order valence-electron chi connectivity index (χ1n) is 10.7. The van der Waals surface area contributed by atoms with Crippen molar-refractivity contribution in [1.82, 2.24) is 0 Å². The van der Waals surface area contributed by atoms with Crippen LogP contribution in [0.4, 0.5) is 11.4 Å². The Morgan fingerprint density at radius 2 is 1.65 bits per heavy atom. The van der Waals surface area contributed by atoms with E-state index in [0.717, 1.165) is 6.07 Å². The summed E-state index contributed by atoms with van der Waals surface area (Å²) in [6.45, 7) is 1.47. The SMILES string of the molecule is CCCS(=O)(=O)c1cc(N=[N+]=C(N=Nc2ccccc2COO)c2ccccc2)c(O)c(S(=O)(=O)O)c1. The van der Waals surface area contributed by atoms with Crippen molar-refractivity contribution in [1.29, 1.82) is 0 Å². The van der Waals surface area contributed by atoms with E-state index in [9.17, 15) is 26.5 Å². The Kier molecular flexibility index (Phi) is 8.99. The number of hydrogen-bond acceptors (Lipinski definition) is 9. The summed E-state index contributed by atoms with van der Waals surface area (Å²) < 4.78 is 58.3. The molecule has 3 aromatic rings. The highest BCUT2D eigenvalue weighted by atomic mass is 32.2. The summed E-state index contributed by atoms with van der Waals surface area (Å²) in [5.41, 5.74) is 0.782. The van der Waals surface area contributed by atoms with Crippen LogP contribution in [0.3, 0.4) is 0 Å². The average molecular weight is 548 g/mol. The van der Waals surface area contributed by atoms with Crippen LogP contribution in [-0.2, 0) is 31.4 Å². The summed E-state index contributed by atoms with van der Waals surface area (Å²) in [7, 11) is -8.95. The van der Waals surface area contributed by atoms with Gasteiger partial charge in [-0.15, -0.1) is 0 Å². The highest BCUT2D eigenvalue weighted by molar-refractivity contribution is 7.91.